The Labute approximate surface area is 170 Å². The molecular weight excluding hydrogens is 370 g/mol. The summed E-state index contributed by atoms with van der Waals surface area (Å²) in [4.78, 5) is 29.1. The van der Waals surface area contributed by atoms with E-state index in [1.54, 1.807) is 21.1 Å². The number of hydrogen-bond acceptors (Lipinski definition) is 5. The Morgan fingerprint density at radius 1 is 1.03 bits per heavy atom. The summed E-state index contributed by atoms with van der Waals surface area (Å²) < 4.78 is 10.8. The van der Waals surface area contributed by atoms with Gasteiger partial charge in [-0.05, 0) is 42.2 Å². The molecule has 1 saturated heterocycles. The summed E-state index contributed by atoms with van der Waals surface area (Å²) in [7, 11) is 3.24. The summed E-state index contributed by atoms with van der Waals surface area (Å²) >= 11 is 0. The maximum absolute atomic E-state index is 13.1. The Morgan fingerprint density at radius 2 is 1.69 bits per heavy atom. The minimum Gasteiger partial charge on any atom is -0.493 e. The lowest BCUT2D eigenvalue weighted by Gasteiger charge is -2.32. The van der Waals surface area contributed by atoms with Crippen molar-refractivity contribution in [3.05, 3.63) is 59.2 Å². The van der Waals surface area contributed by atoms with Gasteiger partial charge >= 0.3 is 6.03 Å². The van der Waals surface area contributed by atoms with Crippen molar-refractivity contribution in [1.82, 2.24) is 15.1 Å². The average Bonchev–Trinajstić information content (AvgIpc) is 2.97. The molecule has 1 atom stereocenters. The first-order valence-corrected chi connectivity index (χ1v) is 9.62. The van der Waals surface area contributed by atoms with Gasteiger partial charge < -0.3 is 14.8 Å². The van der Waals surface area contributed by atoms with Crippen LogP contribution in [0.1, 0.15) is 23.6 Å². The van der Waals surface area contributed by atoms with E-state index in [4.69, 9.17) is 9.47 Å². The molecule has 0 unspecified atom stereocenters. The SMILES string of the molecule is COc1cc2c(cc1OC)CN(CN1C(=O)N[C@](C)(c3ccccc3)C1=O)CC2. The summed E-state index contributed by atoms with van der Waals surface area (Å²) in [5.41, 5.74) is 2.06. The number of amides is 3. The fourth-order valence-electron chi connectivity index (χ4n) is 4.05. The number of benzene rings is 2. The summed E-state index contributed by atoms with van der Waals surface area (Å²) in [6.45, 7) is 3.39. The third-order valence-electron chi connectivity index (χ3n) is 5.76. The van der Waals surface area contributed by atoms with Gasteiger partial charge in [0.25, 0.3) is 5.91 Å². The molecule has 2 aromatic carbocycles. The van der Waals surface area contributed by atoms with Crippen LogP contribution in [-0.2, 0) is 23.3 Å². The van der Waals surface area contributed by atoms with Crippen molar-refractivity contribution in [3.8, 4) is 11.5 Å². The molecule has 0 spiro atoms. The first-order valence-electron chi connectivity index (χ1n) is 9.62. The molecule has 0 radical (unpaired) electrons. The Kier molecular flexibility index (Phi) is 4.92. The van der Waals surface area contributed by atoms with Gasteiger partial charge in [-0.15, -0.1) is 0 Å². The number of nitrogens with zero attached hydrogens (tertiary/aromatic N) is 2. The molecule has 1 fully saturated rings. The second kappa shape index (κ2) is 7.40. The zero-order valence-electron chi connectivity index (χ0n) is 16.9. The van der Waals surface area contributed by atoms with E-state index in [0.29, 0.717) is 18.0 Å². The van der Waals surface area contributed by atoms with Crippen LogP contribution in [0.15, 0.2) is 42.5 Å². The van der Waals surface area contributed by atoms with Crippen LogP contribution < -0.4 is 14.8 Å². The Bertz CT molecular complexity index is 947. The van der Waals surface area contributed by atoms with Crippen molar-refractivity contribution in [1.29, 1.82) is 0 Å². The Morgan fingerprint density at radius 3 is 2.34 bits per heavy atom. The molecule has 152 valence electrons. The molecule has 7 nitrogen and oxygen atoms in total. The van der Waals surface area contributed by atoms with Crippen molar-refractivity contribution in [2.45, 2.75) is 25.4 Å². The predicted molar refractivity (Wildman–Crippen MR) is 108 cm³/mol. The van der Waals surface area contributed by atoms with E-state index in [-0.39, 0.29) is 18.6 Å². The number of urea groups is 1. The number of methoxy groups -OCH3 is 2. The molecule has 29 heavy (non-hydrogen) atoms. The minimum atomic E-state index is -1.04. The van der Waals surface area contributed by atoms with Gasteiger partial charge in [-0.2, -0.15) is 0 Å². The quantitative estimate of drug-likeness (QED) is 0.788. The standard InChI is InChI=1S/C22H25N3O4/c1-22(17-7-5-4-6-8-17)20(26)25(21(27)23-22)14-24-10-9-15-11-18(28-2)19(29-3)12-16(15)13-24/h4-8,11-12H,9-10,13-14H2,1-3H3,(H,23,27)/t22-/m1/s1. The zero-order valence-corrected chi connectivity index (χ0v) is 16.9. The zero-order chi connectivity index (χ0) is 20.6. The predicted octanol–water partition coefficient (Wildman–Crippen LogP) is 2.49. The second-order valence-electron chi connectivity index (χ2n) is 7.57. The smallest absolute Gasteiger partial charge is 0.326 e. The van der Waals surface area contributed by atoms with E-state index in [2.05, 4.69) is 10.2 Å². The monoisotopic (exact) mass is 395 g/mol. The molecule has 0 aliphatic carbocycles. The number of fused-ring (bicyclic) bond motifs is 1. The first-order chi connectivity index (χ1) is 14.0. The molecule has 3 amide bonds. The van der Waals surface area contributed by atoms with Crippen LogP contribution in [0.25, 0.3) is 0 Å². The van der Waals surface area contributed by atoms with Crippen molar-refractivity contribution < 1.29 is 19.1 Å². The minimum absolute atomic E-state index is 0.230. The number of rotatable bonds is 5. The van der Waals surface area contributed by atoms with Gasteiger partial charge in [-0.25, -0.2) is 9.69 Å². The van der Waals surface area contributed by atoms with Crippen LogP contribution >= 0.6 is 0 Å². The highest BCUT2D eigenvalue weighted by Gasteiger charge is 2.49. The molecule has 2 aromatic rings. The van der Waals surface area contributed by atoms with Crippen LogP contribution in [0.3, 0.4) is 0 Å². The molecule has 7 heteroatoms. The van der Waals surface area contributed by atoms with Gasteiger partial charge in [0.15, 0.2) is 11.5 Å². The Balaban J connectivity index is 1.52. The highest BCUT2D eigenvalue weighted by Crippen LogP contribution is 2.34. The van der Waals surface area contributed by atoms with E-state index in [9.17, 15) is 9.59 Å². The van der Waals surface area contributed by atoms with E-state index in [1.165, 1.54) is 10.5 Å². The van der Waals surface area contributed by atoms with E-state index in [0.717, 1.165) is 24.1 Å². The number of ether oxygens (including phenoxy) is 2. The molecule has 0 bridgehead atoms. The van der Waals surface area contributed by atoms with Gasteiger partial charge in [-0.1, -0.05) is 30.3 Å². The molecular formula is C22H25N3O4. The van der Waals surface area contributed by atoms with Crippen LogP contribution in [0.5, 0.6) is 11.5 Å². The van der Waals surface area contributed by atoms with Crippen LogP contribution in [0.2, 0.25) is 0 Å². The van der Waals surface area contributed by atoms with E-state index < -0.39 is 5.54 Å². The lowest BCUT2D eigenvalue weighted by atomic mass is 9.92. The fourth-order valence-corrected chi connectivity index (χ4v) is 4.05. The van der Waals surface area contributed by atoms with E-state index >= 15 is 0 Å². The van der Waals surface area contributed by atoms with Crippen molar-refractivity contribution in [2.24, 2.45) is 0 Å². The molecule has 4 rings (SSSR count). The Hall–Kier alpha value is -3.06. The van der Waals surface area contributed by atoms with Gasteiger partial charge in [-0.3, -0.25) is 9.69 Å². The lowest BCUT2D eigenvalue weighted by Crippen LogP contribution is -2.45. The number of nitrogens with one attached hydrogen (secondary N) is 1. The van der Waals surface area contributed by atoms with Gasteiger partial charge in [0.05, 0.1) is 20.9 Å². The molecule has 1 N–H and O–H groups in total. The normalized spacial score (nSPS) is 21.7. The number of carbonyl (C=O) groups excluding carboxylic acids is 2. The van der Waals surface area contributed by atoms with Gasteiger partial charge in [0.1, 0.15) is 5.54 Å². The maximum atomic E-state index is 13.1. The average molecular weight is 395 g/mol. The largest absolute Gasteiger partial charge is 0.493 e. The fraction of sp³-hybridized carbons (Fsp3) is 0.364. The van der Waals surface area contributed by atoms with Crippen molar-refractivity contribution in [2.75, 3.05) is 27.4 Å². The summed E-state index contributed by atoms with van der Waals surface area (Å²) in [5.74, 6) is 1.17. The molecule has 0 aromatic heterocycles. The van der Waals surface area contributed by atoms with Crippen LogP contribution in [0, 0.1) is 0 Å². The lowest BCUT2D eigenvalue weighted by molar-refractivity contribution is -0.132. The summed E-state index contributed by atoms with van der Waals surface area (Å²) in [6.07, 6.45) is 0.815. The third-order valence-corrected chi connectivity index (χ3v) is 5.76. The summed E-state index contributed by atoms with van der Waals surface area (Å²) in [5, 5.41) is 2.86. The number of imide groups is 1. The third kappa shape index (κ3) is 3.31. The van der Waals surface area contributed by atoms with Gasteiger partial charge in [0, 0.05) is 13.1 Å². The second-order valence-corrected chi connectivity index (χ2v) is 7.57. The number of carbonyl (C=O) groups is 2. The summed E-state index contributed by atoms with van der Waals surface area (Å²) in [6, 6.07) is 13.0. The van der Waals surface area contributed by atoms with Crippen molar-refractivity contribution >= 4 is 11.9 Å². The van der Waals surface area contributed by atoms with Crippen molar-refractivity contribution in [3.63, 3.8) is 0 Å². The molecule has 0 saturated carbocycles. The highest BCUT2D eigenvalue weighted by atomic mass is 16.5. The number of hydrogen-bond donors (Lipinski definition) is 1. The molecule has 2 aliphatic heterocycles. The van der Waals surface area contributed by atoms with Crippen LogP contribution in [-0.4, -0.2) is 49.2 Å². The topological polar surface area (TPSA) is 71.1 Å². The molecule has 2 aliphatic rings. The molecule has 2 heterocycles. The maximum Gasteiger partial charge on any atom is 0.326 e. The highest BCUT2D eigenvalue weighted by molar-refractivity contribution is 6.07. The first kappa shape index (κ1) is 19.3. The van der Waals surface area contributed by atoms with Crippen LogP contribution in [0.4, 0.5) is 4.79 Å². The van der Waals surface area contributed by atoms with Gasteiger partial charge in [0.2, 0.25) is 0 Å². The van der Waals surface area contributed by atoms with E-state index in [1.807, 2.05) is 42.5 Å².